The van der Waals surface area contributed by atoms with E-state index in [1.165, 1.54) is 29.8 Å². The SMILES string of the molecule is Cc1cccc(Cc2ccc([C@H](CC(=O)O)NC(=O)NC3C(=O)C=CN(C)C3=O)cc2)c1.[NaH]. The van der Waals surface area contributed by atoms with Crippen LogP contribution in [0.1, 0.15) is 34.7 Å². The molecule has 1 aliphatic rings. The summed E-state index contributed by atoms with van der Waals surface area (Å²) in [5.41, 5.74) is 3.99. The topological polar surface area (TPSA) is 116 Å². The van der Waals surface area contributed by atoms with Crippen molar-refractivity contribution in [1.82, 2.24) is 15.5 Å². The van der Waals surface area contributed by atoms with Crippen LogP contribution in [0.25, 0.3) is 0 Å². The van der Waals surface area contributed by atoms with Crippen molar-refractivity contribution in [1.29, 1.82) is 0 Å². The predicted molar refractivity (Wildman–Crippen MR) is 125 cm³/mol. The number of ketones is 1. The van der Waals surface area contributed by atoms with Crippen molar-refractivity contribution in [2.75, 3.05) is 7.05 Å². The molecule has 0 fully saturated rings. The molecule has 1 aliphatic heterocycles. The number of amides is 3. The molecule has 2 aromatic rings. The Morgan fingerprint density at radius 2 is 1.79 bits per heavy atom. The number of nitrogens with zero attached hydrogens (tertiary/aromatic N) is 1. The van der Waals surface area contributed by atoms with Gasteiger partial charge in [0.15, 0.2) is 11.8 Å². The zero-order chi connectivity index (χ0) is 23.3. The van der Waals surface area contributed by atoms with Crippen LogP contribution in [-0.2, 0) is 20.8 Å². The number of likely N-dealkylation sites (N-methyl/N-ethyl adjacent to an activating group) is 1. The second-order valence-electron chi connectivity index (χ2n) is 7.78. The molecule has 0 radical (unpaired) electrons. The first-order valence-corrected chi connectivity index (χ1v) is 10.1. The third-order valence-electron chi connectivity index (χ3n) is 5.17. The van der Waals surface area contributed by atoms with E-state index in [1.807, 2.05) is 37.3 Å². The van der Waals surface area contributed by atoms with Crippen molar-refractivity contribution in [3.05, 3.63) is 83.1 Å². The molecule has 2 aromatic carbocycles. The number of carbonyl (C=O) groups is 4. The van der Waals surface area contributed by atoms with E-state index < -0.39 is 35.8 Å². The summed E-state index contributed by atoms with van der Waals surface area (Å²) in [5, 5.41) is 14.2. The molecule has 0 saturated carbocycles. The number of rotatable bonds is 7. The van der Waals surface area contributed by atoms with Crippen LogP contribution in [0.4, 0.5) is 4.79 Å². The van der Waals surface area contributed by atoms with E-state index in [-0.39, 0.29) is 36.0 Å². The maximum absolute atomic E-state index is 12.5. The van der Waals surface area contributed by atoms with Crippen molar-refractivity contribution in [2.24, 2.45) is 0 Å². The fraction of sp³-hybridized carbons (Fsp3) is 0.250. The Bertz CT molecular complexity index is 1070. The van der Waals surface area contributed by atoms with E-state index in [4.69, 9.17) is 0 Å². The minimum absolute atomic E-state index is 0. The Morgan fingerprint density at radius 1 is 1.09 bits per heavy atom. The van der Waals surface area contributed by atoms with Crippen LogP contribution in [0, 0.1) is 6.92 Å². The fourth-order valence-electron chi connectivity index (χ4n) is 3.50. The molecule has 0 aliphatic carbocycles. The predicted octanol–water partition coefficient (Wildman–Crippen LogP) is 1.68. The molecule has 1 heterocycles. The molecule has 3 rings (SSSR count). The Kier molecular flexibility index (Phi) is 9.40. The Labute approximate surface area is 214 Å². The molecular weight excluding hydrogens is 433 g/mol. The quantitative estimate of drug-likeness (QED) is 0.430. The fourth-order valence-corrected chi connectivity index (χ4v) is 3.50. The van der Waals surface area contributed by atoms with Gasteiger partial charge in [-0.1, -0.05) is 54.1 Å². The van der Waals surface area contributed by atoms with E-state index >= 15 is 0 Å². The molecular formula is C24H26N3NaO5. The molecule has 1 unspecified atom stereocenters. The van der Waals surface area contributed by atoms with Crippen molar-refractivity contribution in [2.45, 2.75) is 31.8 Å². The average molecular weight is 459 g/mol. The van der Waals surface area contributed by atoms with Crippen LogP contribution in [0.3, 0.4) is 0 Å². The van der Waals surface area contributed by atoms with Crippen molar-refractivity contribution >= 4 is 53.2 Å². The van der Waals surface area contributed by atoms with E-state index in [2.05, 4.69) is 16.7 Å². The molecule has 0 saturated heterocycles. The number of aliphatic carboxylic acids is 1. The van der Waals surface area contributed by atoms with E-state index in [9.17, 15) is 24.3 Å². The maximum atomic E-state index is 12.5. The summed E-state index contributed by atoms with van der Waals surface area (Å²) in [6.07, 6.45) is 2.91. The molecule has 33 heavy (non-hydrogen) atoms. The van der Waals surface area contributed by atoms with Gasteiger partial charge in [-0.05, 0) is 30.0 Å². The van der Waals surface area contributed by atoms with Gasteiger partial charge in [0.1, 0.15) is 0 Å². The molecule has 8 nitrogen and oxygen atoms in total. The van der Waals surface area contributed by atoms with Crippen LogP contribution in [0.5, 0.6) is 0 Å². The number of carboxylic acid groups (broad SMARTS) is 1. The Balaban J connectivity index is 0.00000385. The molecule has 168 valence electrons. The first-order valence-electron chi connectivity index (χ1n) is 10.1. The minimum atomic E-state index is -1.34. The van der Waals surface area contributed by atoms with Crippen LogP contribution >= 0.6 is 0 Å². The first kappa shape index (κ1) is 26.3. The van der Waals surface area contributed by atoms with Gasteiger partial charge in [-0.15, -0.1) is 0 Å². The van der Waals surface area contributed by atoms with E-state index in [0.717, 1.165) is 17.5 Å². The second kappa shape index (κ2) is 11.8. The molecule has 0 spiro atoms. The summed E-state index contributed by atoms with van der Waals surface area (Å²) >= 11 is 0. The summed E-state index contributed by atoms with van der Waals surface area (Å²) in [7, 11) is 1.48. The van der Waals surface area contributed by atoms with Crippen LogP contribution in [-0.4, -0.2) is 76.3 Å². The number of carbonyl (C=O) groups excluding carboxylic acids is 3. The average Bonchev–Trinajstić information content (AvgIpc) is 2.74. The summed E-state index contributed by atoms with van der Waals surface area (Å²) in [6.45, 7) is 2.03. The zero-order valence-electron chi connectivity index (χ0n) is 17.9. The first-order chi connectivity index (χ1) is 15.2. The number of nitrogens with one attached hydrogen (secondary N) is 2. The molecule has 3 amide bonds. The molecule has 0 aromatic heterocycles. The van der Waals surface area contributed by atoms with Crippen molar-refractivity contribution in [3.8, 4) is 0 Å². The number of benzene rings is 2. The van der Waals surface area contributed by atoms with Crippen molar-refractivity contribution < 1.29 is 24.3 Å². The number of hydrogen-bond donors (Lipinski definition) is 3. The summed E-state index contributed by atoms with van der Waals surface area (Å²) < 4.78 is 0. The van der Waals surface area contributed by atoms with Gasteiger partial charge < -0.3 is 20.6 Å². The molecule has 3 N–H and O–H groups in total. The zero-order valence-corrected chi connectivity index (χ0v) is 17.9. The van der Waals surface area contributed by atoms with Crippen LogP contribution in [0.15, 0.2) is 60.8 Å². The van der Waals surface area contributed by atoms with Gasteiger partial charge in [-0.2, -0.15) is 0 Å². The summed E-state index contributed by atoms with van der Waals surface area (Å²) in [4.78, 5) is 49.1. The summed E-state index contributed by atoms with van der Waals surface area (Å²) in [6, 6.07) is 12.5. The van der Waals surface area contributed by atoms with Gasteiger partial charge in [0, 0.05) is 19.3 Å². The molecule has 0 bridgehead atoms. The molecule has 2 atom stereocenters. The standard InChI is InChI=1S/C24H25N3O5.Na.H/c1-15-4-3-5-17(12-15)13-16-6-8-18(9-7-16)19(14-21(29)30)25-24(32)26-22-20(28)10-11-27(2)23(22)31;;/h3-12,19,22H,13-14H2,1-2H3,(H,29,30)(H2,25,26,32);;/t19-,22?;;/m0../s1. The van der Waals surface area contributed by atoms with Gasteiger partial charge in [0.2, 0.25) is 0 Å². The normalized spacial score (nSPS) is 16.1. The van der Waals surface area contributed by atoms with E-state index in [0.29, 0.717) is 5.56 Å². The summed E-state index contributed by atoms with van der Waals surface area (Å²) in [5.74, 6) is -2.20. The number of carboxylic acids is 1. The van der Waals surface area contributed by atoms with Gasteiger partial charge in [0.25, 0.3) is 5.91 Å². The van der Waals surface area contributed by atoms with Gasteiger partial charge in [-0.3, -0.25) is 14.4 Å². The second-order valence-corrected chi connectivity index (χ2v) is 7.78. The molecule has 9 heteroatoms. The van der Waals surface area contributed by atoms with Crippen LogP contribution < -0.4 is 10.6 Å². The number of aryl methyl sites for hydroxylation is 1. The third-order valence-corrected chi connectivity index (χ3v) is 5.17. The van der Waals surface area contributed by atoms with Gasteiger partial charge in [-0.25, -0.2) is 4.79 Å². The Morgan fingerprint density at radius 3 is 2.42 bits per heavy atom. The van der Waals surface area contributed by atoms with E-state index in [1.54, 1.807) is 12.1 Å². The number of urea groups is 1. The monoisotopic (exact) mass is 459 g/mol. The van der Waals surface area contributed by atoms with Crippen LogP contribution in [0.2, 0.25) is 0 Å². The third kappa shape index (κ3) is 7.28. The van der Waals surface area contributed by atoms with Gasteiger partial charge in [0.05, 0.1) is 12.5 Å². The van der Waals surface area contributed by atoms with Gasteiger partial charge >= 0.3 is 41.6 Å². The van der Waals surface area contributed by atoms with Crippen molar-refractivity contribution in [3.63, 3.8) is 0 Å². The number of hydrogen-bond acceptors (Lipinski definition) is 4. The Hall–Kier alpha value is -2.94.